The summed E-state index contributed by atoms with van der Waals surface area (Å²) in [5.74, 6) is -0.146. The fraction of sp³-hybridized carbons (Fsp3) is 0.455. The van der Waals surface area contributed by atoms with Gasteiger partial charge in [-0.1, -0.05) is 0 Å². The smallest absolute Gasteiger partial charge is 0.226 e. The monoisotopic (exact) mass is 237 g/mol. The van der Waals surface area contributed by atoms with E-state index in [1.165, 1.54) is 11.3 Å². The predicted molar refractivity (Wildman–Crippen MR) is 65.4 cm³/mol. The van der Waals surface area contributed by atoms with Crippen molar-refractivity contribution in [1.29, 1.82) is 5.26 Å². The molecule has 0 fully saturated rings. The number of aryl methyl sites for hydroxylation is 1. The Hall–Kier alpha value is -1.38. The van der Waals surface area contributed by atoms with Crippen molar-refractivity contribution in [3.05, 3.63) is 16.0 Å². The standard InChI is InChI=1S/C11H15N3OS/c1-6(13)4-10(15)14-11-9(5-12)7(2)8(3)16-11/h6H,4,13H2,1-3H3,(H,14,15). The molecule has 0 aromatic carbocycles. The number of carbonyl (C=O) groups is 1. The Morgan fingerprint density at radius 2 is 2.25 bits per heavy atom. The van der Waals surface area contributed by atoms with Gasteiger partial charge in [-0.15, -0.1) is 11.3 Å². The molecular weight excluding hydrogens is 222 g/mol. The lowest BCUT2D eigenvalue weighted by Crippen LogP contribution is -2.23. The van der Waals surface area contributed by atoms with Crippen LogP contribution >= 0.6 is 11.3 Å². The second-order valence-electron chi connectivity index (χ2n) is 3.83. The molecule has 0 saturated carbocycles. The summed E-state index contributed by atoms with van der Waals surface area (Å²) in [6, 6.07) is 1.93. The lowest BCUT2D eigenvalue weighted by molar-refractivity contribution is -0.116. The van der Waals surface area contributed by atoms with E-state index in [1.54, 1.807) is 6.92 Å². The molecule has 0 bridgehead atoms. The molecule has 86 valence electrons. The van der Waals surface area contributed by atoms with Crippen LogP contribution in [0.5, 0.6) is 0 Å². The van der Waals surface area contributed by atoms with Gasteiger partial charge < -0.3 is 11.1 Å². The summed E-state index contributed by atoms with van der Waals surface area (Å²) in [7, 11) is 0. The molecule has 1 amide bonds. The number of thiophene rings is 1. The van der Waals surface area contributed by atoms with Crippen LogP contribution in [0, 0.1) is 25.2 Å². The van der Waals surface area contributed by atoms with Gasteiger partial charge in [-0.2, -0.15) is 5.26 Å². The summed E-state index contributed by atoms with van der Waals surface area (Å²) >= 11 is 1.43. The number of nitrogens with zero attached hydrogens (tertiary/aromatic N) is 1. The van der Waals surface area contributed by atoms with Crippen LogP contribution in [0.2, 0.25) is 0 Å². The Morgan fingerprint density at radius 1 is 1.62 bits per heavy atom. The number of nitrogens with one attached hydrogen (secondary N) is 1. The van der Waals surface area contributed by atoms with Crippen molar-refractivity contribution < 1.29 is 4.79 Å². The zero-order valence-electron chi connectivity index (χ0n) is 9.63. The highest BCUT2D eigenvalue weighted by atomic mass is 32.1. The van der Waals surface area contributed by atoms with Crippen molar-refractivity contribution in [3.8, 4) is 6.07 Å². The first-order valence-corrected chi connectivity index (χ1v) is 5.82. The van der Waals surface area contributed by atoms with Crippen LogP contribution in [0.15, 0.2) is 0 Å². The van der Waals surface area contributed by atoms with E-state index in [0.717, 1.165) is 10.4 Å². The van der Waals surface area contributed by atoms with Crippen molar-refractivity contribution in [2.45, 2.75) is 33.2 Å². The molecule has 1 atom stereocenters. The van der Waals surface area contributed by atoms with Gasteiger partial charge in [-0.05, 0) is 26.3 Å². The van der Waals surface area contributed by atoms with E-state index in [9.17, 15) is 4.79 Å². The summed E-state index contributed by atoms with van der Waals surface area (Å²) in [5.41, 5.74) is 7.02. The molecule has 0 aliphatic carbocycles. The lowest BCUT2D eigenvalue weighted by Gasteiger charge is -2.05. The van der Waals surface area contributed by atoms with Crippen LogP contribution in [-0.4, -0.2) is 11.9 Å². The molecule has 4 nitrogen and oxygen atoms in total. The molecule has 0 aliphatic rings. The second kappa shape index (κ2) is 5.10. The average Bonchev–Trinajstić information content (AvgIpc) is 2.40. The van der Waals surface area contributed by atoms with Gasteiger partial charge >= 0.3 is 0 Å². The average molecular weight is 237 g/mol. The summed E-state index contributed by atoms with van der Waals surface area (Å²) < 4.78 is 0. The number of nitriles is 1. The fourth-order valence-corrected chi connectivity index (χ4v) is 2.35. The van der Waals surface area contributed by atoms with Gasteiger partial charge in [0.05, 0.1) is 5.56 Å². The molecule has 0 spiro atoms. The Balaban J connectivity index is 2.86. The molecule has 1 aromatic heterocycles. The van der Waals surface area contributed by atoms with Crippen LogP contribution in [0.25, 0.3) is 0 Å². The maximum absolute atomic E-state index is 11.5. The lowest BCUT2D eigenvalue weighted by atomic mass is 10.2. The quantitative estimate of drug-likeness (QED) is 0.842. The minimum atomic E-state index is -0.173. The molecular formula is C11H15N3OS. The molecule has 1 heterocycles. The molecule has 0 radical (unpaired) electrons. The van der Waals surface area contributed by atoms with Gasteiger partial charge in [-0.3, -0.25) is 4.79 Å². The van der Waals surface area contributed by atoms with Gasteiger partial charge in [0.25, 0.3) is 0 Å². The third kappa shape index (κ3) is 2.81. The van der Waals surface area contributed by atoms with E-state index < -0.39 is 0 Å². The van der Waals surface area contributed by atoms with Crippen molar-refractivity contribution in [2.75, 3.05) is 5.32 Å². The molecule has 1 unspecified atom stereocenters. The molecule has 5 heteroatoms. The van der Waals surface area contributed by atoms with Crippen molar-refractivity contribution >= 4 is 22.2 Å². The van der Waals surface area contributed by atoms with E-state index in [1.807, 2.05) is 13.8 Å². The van der Waals surface area contributed by atoms with Gasteiger partial charge in [0.15, 0.2) is 0 Å². The zero-order chi connectivity index (χ0) is 12.3. The Bertz CT molecular complexity index is 443. The topological polar surface area (TPSA) is 78.9 Å². The van der Waals surface area contributed by atoms with Crippen LogP contribution in [-0.2, 0) is 4.79 Å². The fourth-order valence-electron chi connectivity index (χ4n) is 1.32. The molecule has 1 rings (SSSR count). The Morgan fingerprint density at radius 3 is 2.75 bits per heavy atom. The van der Waals surface area contributed by atoms with E-state index in [0.29, 0.717) is 10.6 Å². The third-order valence-corrected chi connectivity index (χ3v) is 3.38. The molecule has 1 aromatic rings. The maximum atomic E-state index is 11.5. The summed E-state index contributed by atoms with van der Waals surface area (Å²) in [6.45, 7) is 5.59. The Kier molecular flexibility index (Phi) is 4.05. The number of anilines is 1. The van der Waals surface area contributed by atoms with Gasteiger partial charge in [0.2, 0.25) is 5.91 Å². The van der Waals surface area contributed by atoms with E-state index in [4.69, 9.17) is 11.0 Å². The summed E-state index contributed by atoms with van der Waals surface area (Å²) in [6.07, 6.45) is 0.265. The zero-order valence-corrected chi connectivity index (χ0v) is 10.4. The van der Waals surface area contributed by atoms with Crippen LogP contribution in [0.1, 0.15) is 29.3 Å². The first-order valence-electron chi connectivity index (χ1n) is 5.01. The molecule has 3 N–H and O–H groups in total. The third-order valence-electron chi connectivity index (χ3n) is 2.26. The number of nitrogens with two attached hydrogens (primary N) is 1. The highest BCUT2D eigenvalue weighted by Crippen LogP contribution is 2.31. The van der Waals surface area contributed by atoms with E-state index in [2.05, 4.69) is 11.4 Å². The maximum Gasteiger partial charge on any atom is 0.226 e. The normalized spacial score (nSPS) is 11.9. The highest BCUT2D eigenvalue weighted by molar-refractivity contribution is 7.16. The predicted octanol–water partition coefficient (Wildman–Crippen LogP) is 1.91. The molecule has 0 saturated heterocycles. The summed E-state index contributed by atoms with van der Waals surface area (Å²) in [4.78, 5) is 12.6. The van der Waals surface area contributed by atoms with Crippen molar-refractivity contribution in [3.63, 3.8) is 0 Å². The van der Waals surface area contributed by atoms with E-state index >= 15 is 0 Å². The number of hydrogen-bond acceptors (Lipinski definition) is 4. The van der Waals surface area contributed by atoms with Crippen molar-refractivity contribution in [2.24, 2.45) is 5.73 Å². The minimum Gasteiger partial charge on any atom is -0.327 e. The Labute approximate surface area is 99.1 Å². The minimum absolute atomic E-state index is 0.146. The number of hydrogen-bond donors (Lipinski definition) is 2. The number of amides is 1. The SMILES string of the molecule is Cc1sc(NC(=O)CC(C)N)c(C#N)c1C. The van der Waals surface area contributed by atoms with Crippen LogP contribution in [0.4, 0.5) is 5.00 Å². The largest absolute Gasteiger partial charge is 0.327 e. The molecule has 0 aliphatic heterocycles. The molecule has 16 heavy (non-hydrogen) atoms. The highest BCUT2D eigenvalue weighted by Gasteiger charge is 2.14. The summed E-state index contributed by atoms with van der Waals surface area (Å²) in [5, 5.41) is 12.3. The van der Waals surface area contributed by atoms with Crippen LogP contribution < -0.4 is 11.1 Å². The number of rotatable bonds is 3. The first kappa shape index (κ1) is 12.7. The van der Waals surface area contributed by atoms with Gasteiger partial charge in [0.1, 0.15) is 11.1 Å². The van der Waals surface area contributed by atoms with E-state index in [-0.39, 0.29) is 18.4 Å². The second-order valence-corrected chi connectivity index (χ2v) is 5.05. The van der Waals surface area contributed by atoms with Gasteiger partial charge in [0, 0.05) is 17.3 Å². The van der Waals surface area contributed by atoms with Crippen LogP contribution in [0.3, 0.4) is 0 Å². The van der Waals surface area contributed by atoms with Gasteiger partial charge in [-0.25, -0.2) is 0 Å². The van der Waals surface area contributed by atoms with Crippen molar-refractivity contribution in [1.82, 2.24) is 0 Å². The number of carbonyl (C=O) groups excluding carboxylic acids is 1. The first-order chi connectivity index (χ1) is 7.45.